The van der Waals surface area contributed by atoms with E-state index in [1.54, 1.807) is 0 Å². The van der Waals surface area contributed by atoms with Crippen LogP contribution in [-0.4, -0.2) is 0 Å². The predicted octanol–water partition coefficient (Wildman–Crippen LogP) is 22.6. The first-order valence-electron chi connectivity index (χ1n) is 30.7. The van der Waals surface area contributed by atoms with Crippen molar-refractivity contribution >= 4 is 34.0 Å². The lowest BCUT2D eigenvalue weighted by Crippen LogP contribution is -2.31. The number of hydrogen-bond acceptors (Lipinski definition) is 2. The Morgan fingerprint density at radius 3 is 1.68 bits per heavy atom. The van der Waals surface area contributed by atoms with Crippen LogP contribution in [0.15, 0.2) is 236 Å². The van der Waals surface area contributed by atoms with Gasteiger partial charge in [-0.1, -0.05) is 274 Å². The average molecular weight is 1060 g/mol. The summed E-state index contributed by atoms with van der Waals surface area (Å²) < 4.78 is 0. The Hall–Kier alpha value is -7.94. The van der Waals surface area contributed by atoms with Gasteiger partial charge in [0.1, 0.15) is 0 Å². The summed E-state index contributed by atoms with van der Waals surface area (Å²) in [6.07, 6.45) is 20.0. The topological polar surface area (TPSA) is 15.3 Å². The molecule has 12 rings (SSSR count). The summed E-state index contributed by atoms with van der Waals surface area (Å²) in [7, 11) is 0. The molecule has 81 heavy (non-hydrogen) atoms. The van der Waals surface area contributed by atoms with Crippen molar-refractivity contribution in [2.24, 2.45) is 0 Å². The van der Waals surface area contributed by atoms with Crippen LogP contribution < -0.4 is 10.2 Å². The monoisotopic (exact) mass is 1060 g/mol. The fraction of sp³-hybridized carbons (Fsp3) is 0.266. The van der Waals surface area contributed by atoms with Gasteiger partial charge in [-0.3, -0.25) is 0 Å². The zero-order valence-electron chi connectivity index (χ0n) is 48.6. The third-order valence-corrected chi connectivity index (χ3v) is 19.1. The Bertz CT molecular complexity index is 3740. The highest BCUT2D eigenvalue weighted by atomic mass is 15.1. The van der Waals surface area contributed by atoms with Gasteiger partial charge < -0.3 is 10.2 Å². The molecule has 2 heteroatoms. The zero-order chi connectivity index (χ0) is 55.4. The van der Waals surface area contributed by atoms with E-state index in [0.29, 0.717) is 0 Å². The highest BCUT2D eigenvalue weighted by molar-refractivity contribution is 6.00. The van der Waals surface area contributed by atoms with Gasteiger partial charge in [-0.05, 0) is 152 Å². The molecule has 0 bridgehead atoms. The van der Waals surface area contributed by atoms with Crippen molar-refractivity contribution in [1.82, 2.24) is 0 Å². The maximum Gasteiger partial charge on any atom is 0.0692 e. The SMILES string of the molecule is CCCCCCC(C)(CC)c1ccc2c(c1)C1(C3=C(C=CC3)c3ccc(N(c4ccccc4)c4ccccc4-c4ccccc4)cc31)c1cc(C(CC)(CCCCCC)c3ccccc3Nc3ccccc3-c3ccccc3)ccc1-2. The molecule has 0 saturated carbocycles. The van der Waals surface area contributed by atoms with Gasteiger partial charge in [0.2, 0.25) is 0 Å². The molecule has 1 N–H and O–H groups in total. The number of nitrogens with one attached hydrogen (secondary N) is 1. The van der Waals surface area contributed by atoms with Gasteiger partial charge in [-0.15, -0.1) is 0 Å². The molecule has 1 spiro atoms. The zero-order valence-corrected chi connectivity index (χ0v) is 48.6. The van der Waals surface area contributed by atoms with E-state index in [2.05, 4.69) is 275 Å². The van der Waals surface area contributed by atoms with E-state index in [1.807, 2.05) is 0 Å². The van der Waals surface area contributed by atoms with Crippen molar-refractivity contribution < 1.29 is 0 Å². The molecule has 0 radical (unpaired) electrons. The Balaban J connectivity index is 1.09. The summed E-state index contributed by atoms with van der Waals surface area (Å²) in [5, 5.41) is 4.09. The molecule has 3 unspecified atom stereocenters. The van der Waals surface area contributed by atoms with E-state index in [9.17, 15) is 0 Å². The average Bonchev–Trinajstić information content (AvgIpc) is 4.26. The minimum atomic E-state index is -0.521. The standard InChI is InChI=1S/C79H80N2/c1-6-10-12-29-52-77(5,8-3)59-46-49-66-67-50-47-60(78(9-4,53-30-13-11-7-2)70-41-25-27-44-75(70)80-74-43-26-23-38-63(74)57-32-17-14-18-33-57)55-72(67)79(71(66)54-59)69-42-31-40-65(69)68-51-48-62(56-73(68)79)81(61-36-21-16-22-37-61)76-45-28-24-39-64(76)58-34-19-15-20-35-58/h14-28,31-41,43-51,54-56,80H,6-13,29-30,42,52-53H2,1-5H3. The van der Waals surface area contributed by atoms with Crippen molar-refractivity contribution in [1.29, 1.82) is 0 Å². The highest BCUT2D eigenvalue weighted by Crippen LogP contribution is 2.66. The number of unbranched alkanes of at least 4 members (excludes halogenated alkanes) is 6. The summed E-state index contributed by atoms with van der Waals surface area (Å²) in [5.74, 6) is 0. The van der Waals surface area contributed by atoms with Crippen LogP contribution >= 0.6 is 0 Å². The van der Waals surface area contributed by atoms with Crippen LogP contribution in [0.5, 0.6) is 0 Å². The van der Waals surface area contributed by atoms with Gasteiger partial charge >= 0.3 is 0 Å². The molecule has 3 atom stereocenters. The number of benzene rings is 9. The number of allylic oxidation sites excluding steroid dienone is 4. The Morgan fingerprint density at radius 2 is 1.00 bits per heavy atom. The van der Waals surface area contributed by atoms with Crippen LogP contribution in [0.4, 0.5) is 28.4 Å². The molecular formula is C79H80N2. The summed E-state index contributed by atoms with van der Waals surface area (Å²) in [6.45, 7) is 12.1. The van der Waals surface area contributed by atoms with Crippen LogP contribution in [0.25, 0.3) is 39.0 Å². The summed E-state index contributed by atoms with van der Waals surface area (Å²) in [6, 6.07) is 83.0. The molecule has 3 aliphatic rings. The highest BCUT2D eigenvalue weighted by Gasteiger charge is 2.54. The van der Waals surface area contributed by atoms with Crippen LogP contribution in [-0.2, 0) is 16.2 Å². The number of fused-ring (bicyclic) bond motifs is 9. The fourth-order valence-electron chi connectivity index (χ4n) is 14.6. The van der Waals surface area contributed by atoms with Gasteiger partial charge in [-0.2, -0.15) is 0 Å². The van der Waals surface area contributed by atoms with Crippen LogP contribution in [0.3, 0.4) is 0 Å². The van der Waals surface area contributed by atoms with Crippen molar-refractivity contribution in [3.05, 3.63) is 275 Å². The minimum Gasteiger partial charge on any atom is -0.355 e. The molecule has 3 aliphatic carbocycles. The first-order valence-corrected chi connectivity index (χ1v) is 30.7. The molecule has 0 saturated heterocycles. The second-order valence-corrected chi connectivity index (χ2v) is 23.6. The molecule has 0 fully saturated rings. The number of hydrogen-bond donors (Lipinski definition) is 1. The lowest BCUT2D eigenvalue weighted by molar-refractivity contribution is 0.395. The van der Waals surface area contributed by atoms with Crippen LogP contribution in [0, 0.1) is 0 Å². The van der Waals surface area contributed by atoms with E-state index < -0.39 is 5.41 Å². The maximum atomic E-state index is 4.09. The smallest absolute Gasteiger partial charge is 0.0692 e. The lowest BCUT2D eigenvalue weighted by Gasteiger charge is -2.39. The second-order valence-electron chi connectivity index (χ2n) is 23.6. The van der Waals surface area contributed by atoms with Gasteiger partial charge in [0.25, 0.3) is 0 Å². The third kappa shape index (κ3) is 9.59. The molecule has 406 valence electrons. The van der Waals surface area contributed by atoms with Crippen molar-refractivity contribution in [2.45, 2.75) is 134 Å². The maximum absolute atomic E-state index is 4.09. The lowest BCUT2D eigenvalue weighted by atomic mass is 9.64. The van der Waals surface area contributed by atoms with Crippen molar-refractivity contribution in [2.75, 3.05) is 10.2 Å². The molecule has 2 nitrogen and oxygen atoms in total. The Kier molecular flexibility index (Phi) is 15.4. The molecule has 9 aromatic carbocycles. The van der Waals surface area contributed by atoms with Crippen molar-refractivity contribution in [3.8, 4) is 33.4 Å². The molecule has 0 heterocycles. The largest absolute Gasteiger partial charge is 0.355 e. The molecular weight excluding hydrogens is 977 g/mol. The number of rotatable bonds is 22. The first-order chi connectivity index (χ1) is 39.9. The molecule has 9 aromatic rings. The molecule has 0 aromatic heterocycles. The van der Waals surface area contributed by atoms with E-state index >= 15 is 0 Å². The summed E-state index contributed by atoms with van der Waals surface area (Å²) >= 11 is 0. The van der Waals surface area contributed by atoms with E-state index in [4.69, 9.17) is 0 Å². The molecule has 0 aliphatic heterocycles. The minimum absolute atomic E-state index is 0.0509. The quantitative estimate of drug-likeness (QED) is 0.0681. The number of anilines is 5. The number of para-hydroxylation sites is 4. The molecule has 0 amide bonds. The van der Waals surface area contributed by atoms with Crippen molar-refractivity contribution in [3.63, 3.8) is 0 Å². The second kappa shape index (κ2) is 23.3. The summed E-state index contributed by atoms with van der Waals surface area (Å²) in [4.78, 5) is 2.52. The van der Waals surface area contributed by atoms with Gasteiger partial charge in [0.15, 0.2) is 0 Å². The first kappa shape index (κ1) is 53.7. The fourth-order valence-corrected chi connectivity index (χ4v) is 14.6. The number of nitrogens with zero attached hydrogens (tertiary/aromatic N) is 1. The van der Waals surface area contributed by atoms with E-state index in [1.165, 1.54) is 146 Å². The van der Waals surface area contributed by atoms with Gasteiger partial charge in [-0.25, -0.2) is 0 Å². The van der Waals surface area contributed by atoms with Crippen LogP contribution in [0.1, 0.15) is 157 Å². The van der Waals surface area contributed by atoms with E-state index in [-0.39, 0.29) is 10.8 Å². The summed E-state index contributed by atoms with van der Waals surface area (Å²) in [5.41, 5.74) is 25.4. The third-order valence-electron chi connectivity index (χ3n) is 19.1. The van der Waals surface area contributed by atoms with Gasteiger partial charge in [0.05, 0.1) is 11.1 Å². The Morgan fingerprint density at radius 1 is 0.444 bits per heavy atom. The Labute approximate surface area is 484 Å². The van der Waals surface area contributed by atoms with E-state index in [0.717, 1.165) is 49.2 Å². The van der Waals surface area contributed by atoms with Gasteiger partial charge in [0, 0.05) is 39.3 Å². The normalized spacial score (nSPS) is 16.2. The predicted molar refractivity (Wildman–Crippen MR) is 347 cm³/mol. The van der Waals surface area contributed by atoms with Crippen LogP contribution in [0.2, 0.25) is 0 Å².